The first kappa shape index (κ1) is 14.3. The quantitative estimate of drug-likeness (QED) is 0.832. The molecule has 0 fully saturated rings. The lowest BCUT2D eigenvalue weighted by Crippen LogP contribution is -2.14. The molecule has 3 rings (SSSR count). The fraction of sp³-hybridized carbons (Fsp3) is 0.278. The van der Waals surface area contributed by atoms with Crippen molar-refractivity contribution in [2.24, 2.45) is 0 Å². The Bertz CT molecular complexity index is 698. The Labute approximate surface area is 133 Å². The molecule has 0 aromatic heterocycles. The van der Waals surface area contributed by atoms with Crippen LogP contribution >= 0.6 is 15.9 Å². The number of aryl methyl sites for hydroxylation is 4. The molecular weight excluding hydrogens is 326 g/mol. The van der Waals surface area contributed by atoms with Crippen molar-refractivity contribution < 1.29 is 4.79 Å². The number of hydrogen-bond acceptors (Lipinski definition) is 1. The first-order chi connectivity index (χ1) is 10.0. The Morgan fingerprint density at radius 1 is 1.05 bits per heavy atom. The van der Waals surface area contributed by atoms with Crippen molar-refractivity contribution in [1.82, 2.24) is 0 Å². The molecule has 21 heavy (non-hydrogen) atoms. The van der Waals surface area contributed by atoms with Gasteiger partial charge in [0.2, 0.25) is 0 Å². The van der Waals surface area contributed by atoms with E-state index < -0.39 is 0 Å². The van der Waals surface area contributed by atoms with Crippen LogP contribution in [-0.2, 0) is 12.8 Å². The molecule has 0 radical (unpaired) electrons. The summed E-state index contributed by atoms with van der Waals surface area (Å²) in [4.78, 5) is 12.5. The van der Waals surface area contributed by atoms with E-state index in [0.717, 1.165) is 39.7 Å². The van der Waals surface area contributed by atoms with Crippen molar-refractivity contribution in [3.8, 4) is 0 Å². The van der Waals surface area contributed by atoms with Gasteiger partial charge in [-0.1, -0.05) is 22.0 Å². The second-order valence-corrected chi connectivity index (χ2v) is 6.62. The van der Waals surface area contributed by atoms with E-state index >= 15 is 0 Å². The number of carbonyl (C=O) groups is 1. The smallest absolute Gasteiger partial charge is 0.255 e. The summed E-state index contributed by atoms with van der Waals surface area (Å²) in [6, 6.07) is 10.1. The van der Waals surface area contributed by atoms with E-state index in [4.69, 9.17) is 0 Å². The SMILES string of the molecule is Cc1cc(Br)cc(C)c1NC(=O)c1ccc2c(c1)CCC2. The van der Waals surface area contributed by atoms with Crippen LogP contribution in [0.3, 0.4) is 0 Å². The van der Waals surface area contributed by atoms with Crippen LogP contribution < -0.4 is 5.32 Å². The standard InChI is InChI=1S/C18H18BrNO/c1-11-8-16(19)9-12(2)17(11)20-18(21)15-7-6-13-4-3-5-14(13)10-15/h6-10H,3-5H2,1-2H3,(H,20,21). The molecule has 2 aromatic carbocycles. The van der Waals surface area contributed by atoms with Gasteiger partial charge in [0.1, 0.15) is 0 Å². The molecule has 0 spiro atoms. The van der Waals surface area contributed by atoms with Crippen LogP contribution in [0.5, 0.6) is 0 Å². The number of carbonyl (C=O) groups excluding carboxylic acids is 1. The maximum Gasteiger partial charge on any atom is 0.255 e. The van der Waals surface area contributed by atoms with Gasteiger partial charge in [0, 0.05) is 15.7 Å². The van der Waals surface area contributed by atoms with E-state index in [0.29, 0.717) is 0 Å². The van der Waals surface area contributed by atoms with E-state index in [-0.39, 0.29) is 5.91 Å². The van der Waals surface area contributed by atoms with Gasteiger partial charge in [-0.25, -0.2) is 0 Å². The lowest BCUT2D eigenvalue weighted by atomic mass is 10.0. The third-order valence-electron chi connectivity index (χ3n) is 4.10. The van der Waals surface area contributed by atoms with Crippen LogP contribution in [0.15, 0.2) is 34.8 Å². The Balaban J connectivity index is 1.87. The van der Waals surface area contributed by atoms with Crippen LogP contribution in [0.2, 0.25) is 0 Å². The van der Waals surface area contributed by atoms with Crippen LogP contribution in [-0.4, -0.2) is 5.91 Å². The monoisotopic (exact) mass is 343 g/mol. The molecule has 0 saturated carbocycles. The van der Waals surface area contributed by atoms with Gasteiger partial charge in [-0.05, 0) is 79.6 Å². The highest BCUT2D eigenvalue weighted by atomic mass is 79.9. The Morgan fingerprint density at radius 2 is 1.71 bits per heavy atom. The summed E-state index contributed by atoms with van der Waals surface area (Å²) in [6.07, 6.45) is 3.43. The summed E-state index contributed by atoms with van der Waals surface area (Å²) < 4.78 is 1.04. The molecule has 1 amide bonds. The zero-order valence-corrected chi connectivity index (χ0v) is 13.9. The molecule has 1 aliphatic carbocycles. The number of halogens is 1. The maximum absolute atomic E-state index is 12.5. The van der Waals surface area contributed by atoms with Gasteiger partial charge in [0.15, 0.2) is 0 Å². The second-order valence-electron chi connectivity index (χ2n) is 5.71. The van der Waals surface area contributed by atoms with Gasteiger partial charge in [0.05, 0.1) is 0 Å². The average molecular weight is 344 g/mol. The molecule has 0 saturated heterocycles. The van der Waals surface area contributed by atoms with E-state index in [9.17, 15) is 4.79 Å². The van der Waals surface area contributed by atoms with Crippen LogP contribution in [0.4, 0.5) is 5.69 Å². The summed E-state index contributed by atoms with van der Waals surface area (Å²) in [5, 5.41) is 3.05. The normalized spacial score (nSPS) is 13.1. The molecule has 0 bridgehead atoms. The highest BCUT2D eigenvalue weighted by molar-refractivity contribution is 9.10. The van der Waals surface area contributed by atoms with Gasteiger partial charge >= 0.3 is 0 Å². The summed E-state index contributed by atoms with van der Waals surface area (Å²) in [5.41, 5.74) is 6.50. The molecular formula is C18H18BrNO. The molecule has 1 aliphatic rings. The van der Waals surface area contributed by atoms with Crippen molar-refractivity contribution in [2.75, 3.05) is 5.32 Å². The van der Waals surface area contributed by atoms with Gasteiger partial charge in [0.25, 0.3) is 5.91 Å². The van der Waals surface area contributed by atoms with E-state index in [2.05, 4.69) is 27.3 Å². The minimum Gasteiger partial charge on any atom is -0.322 e. The largest absolute Gasteiger partial charge is 0.322 e. The lowest BCUT2D eigenvalue weighted by Gasteiger charge is -2.13. The van der Waals surface area contributed by atoms with Gasteiger partial charge in [-0.3, -0.25) is 4.79 Å². The molecule has 0 heterocycles. The highest BCUT2D eigenvalue weighted by Gasteiger charge is 2.15. The third-order valence-corrected chi connectivity index (χ3v) is 4.55. The number of hydrogen-bond donors (Lipinski definition) is 1. The number of amides is 1. The van der Waals surface area contributed by atoms with Crippen molar-refractivity contribution in [3.05, 3.63) is 62.6 Å². The first-order valence-corrected chi connectivity index (χ1v) is 8.04. The van der Waals surface area contributed by atoms with E-state index in [1.807, 2.05) is 38.1 Å². The predicted octanol–water partition coefficient (Wildman–Crippen LogP) is 4.81. The molecule has 0 unspecified atom stereocenters. The van der Waals surface area contributed by atoms with Crippen molar-refractivity contribution in [2.45, 2.75) is 33.1 Å². The fourth-order valence-corrected chi connectivity index (χ4v) is 3.69. The molecule has 108 valence electrons. The Kier molecular flexibility index (Phi) is 3.85. The van der Waals surface area contributed by atoms with E-state index in [1.54, 1.807) is 0 Å². The van der Waals surface area contributed by atoms with Crippen LogP contribution in [0.1, 0.15) is 39.0 Å². The maximum atomic E-state index is 12.5. The molecule has 2 nitrogen and oxygen atoms in total. The molecule has 2 aromatic rings. The number of anilines is 1. The van der Waals surface area contributed by atoms with Crippen molar-refractivity contribution >= 4 is 27.5 Å². The fourth-order valence-electron chi connectivity index (χ4n) is 3.01. The van der Waals surface area contributed by atoms with Crippen molar-refractivity contribution in [3.63, 3.8) is 0 Å². The zero-order valence-electron chi connectivity index (χ0n) is 12.3. The van der Waals surface area contributed by atoms with Crippen LogP contribution in [0, 0.1) is 13.8 Å². The van der Waals surface area contributed by atoms with E-state index in [1.165, 1.54) is 17.5 Å². The summed E-state index contributed by atoms with van der Waals surface area (Å²) in [6.45, 7) is 4.02. The predicted molar refractivity (Wildman–Crippen MR) is 90.0 cm³/mol. The summed E-state index contributed by atoms with van der Waals surface area (Å²) in [5.74, 6) is -0.0294. The number of rotatable bonds is 2. The topological polar surface area (TPSA) is 29.1 Å². The molecule has 1 N–H and O–H groups in total. The number of benzene rings is 2. The molecule has 0 atom stereocenters. The third kappa shape index (κ3) is 2.88. The molecule has 0 aliphatic heterocycles. The van der Waals surface area contributed by atoms with Crippen molar-refractivity contribution in [1.29, 1.82) is 0 Å². The number of nitrogens with one attached hydrogen (secondary N) is 1. The zero-order chi connectivity index (χ0) is 15.0. The Hall–Kier alpha value is -1.61. The highest BCUT2D eigenvalue weighted by Crippen LogP contribution is 2.27. The van der Waals surface area contributed by atoms with Gasteiger partial charge in [-0.2, -0.15) is 0 Å². The van der Waals surface area contributed by atoms with Gasteiger partial charge < -0.3 is 5.32 Å². The van der Waals surface area contributed by atoms with Crippen LogP contribution in [0.25, 0.3) is 0 Å². The first-order valence-electron chi connectivity index (χ1n) is 7.24. The number of fused-ring (bicyclic) bond motifs is 1. The second kappa shape index (κ2) is 5.64. The van der Waals surface area contributed by atoms with Gasteiger partial charge in [-0.15, -0.1) is 0 Å². The minimum absolute atomic E-state index is 0.0294. The average Bonchev–Trinajstić information content (AvgIpc) is 2.89. The minimum atomic E-state index is -0.0294. The summed E-state index contributed by atoms with van der Waals surface area (Å²) >= 11 is 3.48. The Morgan fingerprint density at radius 3 is 2.43 bits per heavy atom. The molecule has 3 heteroatoms. The lowest BCUT2D eigenvalue weighted by molar-refractivity contribution is 0.102. The summed E-state index contributed by atoms with van der Waals surface area (Å²) in [7, 11) is 0.